The molecule has 0 radical (unpaired) electrons. The van der Waals surface area contributed by atoms with Gasteiger partial charge in [0.25, 0.3) is 0 Å². The summed E-state index contributed by atoms with van der Waals surface area (Å²) in [5.74, 6) is 0.388. The molecule has 1 aliphatic rings. The SMILES string of the molecule is C=CC[C@]1(c2ccc3ccccc3c2)CCCCC1=O. The van der Waals surface area contributed by atoms with E-state index in [1.165, 1.54) is 16.3 Å². The predicted octanol–water partition coefficient (Wildman–Crippen LogP) is 4.80. The molecule has 0 heterocycles. The average molecular weight is 264 g/mol. The van der Waals surface area contributed by atoms with Gasteiger partial charge in [-0.05, 0) is 35.6 Å². The largest absolute Gasteiger partial charge is 0.299 e. The summed E-state index contributed by atoms with van der Waals surface area (Å²) < 4.78 is 0. The van der Waals surface area contributed by atoms with Crippen LogP contribution in [-0.4, -0.2) is 5.78 Å². The summed E-state index contributed by atoms with van der Waals surface area (Å²) in [6, 6.07) is 14.8. The molecular weight excluding hydrogens is 244 g/mol. The molecule has 0 unspecified atom stereocenters. The molecule has 1 aliphatic carbocycles. The van der Waals surface area contributed by atoms with Gasteiger partial charge in [-0.2, -0.15) is 0 Å². The van der Waals surface area contributed by atoms with Crippen LogP contribution in [0.2, 0.25) is 0 Å². The number of carbonyl (C=O) groups excluding carboxylic acids is 1. The van der Waals surface area contributed by atoms with E-state index < -0.39 is 0 Å². The zero-order valence-electron chi connectivity index (χ0n) is 11.8. The number of ketones is 1. The summed E-state index contributed by atoms with van der Waals surface area (Å²) in [5, 5.41) is 2.44. The van der Waals surface area contributed by atoms with Crippen molar-refractivity contribution in [1.82, 2.24) is 0 Å². The molecule has 2 aromatic rings. The molecule has 0 saturated heterocycles. The highest BCUT2D eigenvalue weighted by atomic mass is 16.1. The first-order chi connectivity index (χ1) is 9.76. The van der Waals surface area contributed by atoms with Crippen molar-refractivity contribution in [2.75, 3.05) is 0 Å². The van der Waals surface area contributed by atoms with E-state index in [-0.39, 0.29) is 5.41 Å². The zero-order valence-corrected chi connectivity index (χ0v) is 11.8. The van der Waals surface area contributed by atoms with Crippen LogP contribution in [0.4, 0.5) is 0 Å². The zero-order chi connectivity index (χ0) is 14.0. The second kappa shape index (κ2) is 5.24. The molecule has 1 nitrogen and oxygen atoms in total. The van der Waals surface area contributed by atoms with Gasteiger partial charge in [0.2, 0.25) is 0 Å². The molecule has 0 amide bonds. The third kappa shape index (κ3) is 2.07. The minimum absolute atomic E-state index is 0.329. The van der Waals surface area contributed by atoms with Gasteiger partial charge in [-0.1, -0.05) is 55.0 Å². The first-order valence-corrected chi connectivity index (χ1v) is 7.40. The lowest BCUT2D eigenvalue weighted by molar-refractivity contribution is -0.126. The van der Waals surface area contributed by atoms with E-state index in [0.29, 0.717) is 12.2 Å². The molecule has 102 valence electrons. The van der Waals surface area contributed by atoms with Crippen LogP contribution >= 0.6 is 0 Å². The summed E-state index contributed by atoms with van der Waals surface area (Å²) in [7, 11) is 0. The molecule has 3 rings (SSSR count). The van der Waals surface area contributed by atoms with Crippen molar-refractivity contribution in [3.63, 3.8) is 0 Å². The van der Waals surface area contributed by atoms with E-state index in [1.807, 2.05) is 12.1 Å². The van der Waals surface area contributed by atoms with Crippen molar-refractivity contribution in [2.45, 2.75) is 37.5 Å². The van der Waals surface area contributed by atoms with Crippen molar-refractivity contribution in [3.8, 4) is 0 Å². The molecule has 0 N–H and O–H groups in total. The number of allylic oxidation sites excluding steroid dienone is 1. The van der Waals surface area contributed by atoms with E-state index in [1.54, 1.807) is 0 Å². The van der Waals surface area contributed by atoms with Gasteiger partial charge in [0.15, 0.2) is 0 Å². The number of benzene rings is 2. The Balaban J connectivity index is 2.13. The van der Waals surface area contributed by atoms with Gasteiger partial charge in [-0.3, -0.25) is 4.79 Å². The molecule has 0 aromatic heterocycles. The number of rotatable bonds is 3. The molecule has 0 spiro atoms. The summed E-state index contributed by atoms with van der Waals surface area (Å²) in [6.45, 7) is 3.87. The van der Waals surface area contributed by atoms with E-state index in [4.69, 9.17) is 0 Å². The first-order valence-electron chi connectivity index (χ1n) is 7.40. The average Bonchev–Trinajstić information content (AvgIpc) is 2.49. The van der Waals surface area contributed by atoms with Crippen LogP contribution in [0.25, 0.3) is 10.8 Å². The summed E-state index contributed by atoms with van der Waals surface area (Å²) in [5.41, 5.74) is 0.838. The summed E-state index contributed by atoms with van der Waals surface area (Å²) in [6.07, 6.45) is 6.48. The van der Waals surface area contributed by atoms with Crippen LogP contribution in [0.15, 0.2) is 55.1 Å². The van der Waals surface area contributed by atoms with Crippen LogP contribution in [0, 0.1) is 0 Å². The Kier molecular flexibility index (Phi) is 3.43. The van der Waals surface area contributed by atoms with Crippen molar-refractivity contribution < 1.29 is 4.79 Å². The molecule has 1 fully saturated rings. The fourth-order valence-electron chi connectivity index (χ4n) is 3.46. The third-order valence-corrected chi connectivity index (χ3v) is 4.59. The van der Waals surface area contributed by atoms with Gasteiger partial charge in [0, 0.05) is 6.42 Å². The molecule has 20 heavy (non-hydrogen) atoms. The molecule has 1 saturated carbocycles. The second-order valence-corrected chi connectivity index (χ2v) is 5.77. The van der Waals surface area contributed by atoms with Gasteiger partial charge < -0.3 is 0 Å². The highest BCUT2D eigenvalue weighted by Crippen LogP contribution is 2.40. The van der Waals surface area contributed by atoms with E-state index in [0.717, 1.165) is 25.7 Å². The van der Waals surface area contributed by atoms with Crippen LogP contribution in [-0.2, 0) is 10.2 Å². The Labute approximate surface area is 120 Å². The van der Waals surface area contributed by atoms with Crippen molar-refractivity contribution in [2.24, 2.45) is 0 Å². The monoisotopic (exact) mass is 264 g/mol. The van der Waals surface area contributed by atoms with Crippen molar-refractivity contribution in [3.05, 3.63) is 60.7 Å². The lowest BCUT2D eigenvalue weighted by Crippen LogP contribution is -2.38. The number of Topliss-reactive ketones (excluding diaryl/α,β-unsaturated/α-hetero) is 1. The van der Waals surface area contributed by atoms with E-state index in [9.17, 15) is 4.79 Å². The Bertz CT molecular complexity index is 656. The van der Waals surface area contributed by atoms with E-state index >= 15 is 0 Å². The molecule has 0 bridgehead atoms. The highest BCUT2D eigenvalue weighted by molar-refractivity contribution is 5.93. The lowest BCUT2D eigenvalue weighted by Gasteiger charge is -2.35. The molecule has 0 aliphatic heterocycles. The second-order valence-electron chi connectivity index (χ2n) is 5.77. The van der Waals surface area contributed by atoms with E-state index in [2.05, 4.69) is 43.0 Å². The van der Waals surface area contributed by atoms with Gasteiger partial charge >= 0.3 is 0 Å². The fourth-order valence-corrected chi connectivity index (χ4v) is 3.46. The Morgan fingerprint density at radius 2 is 1.90 bits per heavy atom. The molecular formula is C19H20O. The van der Waals surface area contributed by atoms with Gasteiger partial charge in [-0.15, -0.1) is 6.58 Å². The Hall–Kier alpha value is -1.89. The summed E-state index contributed by atoms with van der Waals surface area (Å²) in [4.78, 5) is 12.6. The van der Waals surface area contributed by atoms with Gasteiger partial charge in [-0.25, -0.2) is 0 Å². The van der Waals surface area contributed by atoms with Crippen LogP contribution in [0.1, 0.15) is 37.7 Å². The maximum absolute atomic E-state index is 12.6. The normalized spacial score (nSPS) is 22.9. The number of hydrogen-bond donors (Lipinski definition) is 0. The number of carbonyl (C=O) groups is 1. The minimum Gasteiger partial charge on any atom is -0.299 e. The smallest absolute Gasteiger partial charge is 0.143 e. The Morgan fingerprint density at radius 3 is 2.65 bits per heavy atom. The molecule has 1 atom stereocenters. The fraction of sp³-hybridized carbons (Fsp3) is 0.316. The van der Waals surface area contributed by atoms with Crippen molar-refractivity contribution in [1.29, 1.82) is 0 Å². The number of hydrogen-bond acceptors (Lipinski definition) is 1. The molecule has 1 heteroatoms. The number of fused-ring (bicyclic) bond motifs is 1. The minimum atomic E-state index is -0.329. The predicted molar refractivity (Wildman–Crippen MR) is 83.9 cm³/mol. The maximum atomic E-state index is 12.6. The molecule has 2 aromatic carbocycles. The topological polar surface area (TPSA) is 17.1 Å². The lowest BCUT2D eigenvalue weighted by atomic mass is 9.66. The highest BCUT2D eigenvalue weighted by Gasteiger charge is 2.40. The van der Waals surface area contributed by atoms with Crippen LogP contribution in [0.3, 0.4) is 0 Å². The summed E-state index contributed by atoms with van der Waals surface area (Å²) >= 11 is 0. The van der Waals surface area contributed by atoms with Crippen molar-refractivity contribution >= 4 is 16.6 Å². The van der Waals surface area contributed by atoms with Crippen LogP contribution < -0.4 is 0 Å². The van der Waals surface area contributed by atoms with Gasteiger partial charge in [0.1, 0.15) is 5.78 Å². The Morgan fingerprint density at radius 1 is 1.10 bits per heavy atom. The maximum Gasteiger partial charge on any atom is 0.143 e. The van der Waals surface area contributed by atoms with Crippen LogP contribution in [0.5, 0.6) is 0 Å². The quantitative estimate of drug-likeness (QED) is 0.728. The standard InChI is InChI=1S/C19H20O/c1-2-12-19(13-6-5-9-18(19)20)17-11-10-15-7-3-4-8-16(15)14-17/h2-4,7-8,10-11,14H,1,5-6,9,12-13H2/t19-/m1/s1. The third-order valence-electron chi connectivity index (χ3n) is 4.59. The first kappa shape index (κ1) is 13.1. The van der Waals surface area contributed by atoms with Gasteiger partial charge in [0.05, 0.1) is 5.41 Å².